The summed E-state index contributed by atoms with van der Waals surface area (Å²) in [6.45, 7) is 0.162. The quantitative estimate of drug-likeness (QED) is 0.335. The highest BCUT2D eigenvalue weighted by atomic mass is 79.9. The van der Waals surface area contributed by atoms with E-state index >= 15 is 0 Å². The molecule has 3 heterocycles. The number of nitrogen functional groups attached to an aromatic ring is 1. The van der Waals surface area contributed by atoms with Crippen LogP contribution in [0.5, 0.6) is 0 Å². The Labute approximate surface area is 204 Å². The van der Waals surface area contributed by atoms with Crippen LogP contribution in [-0.2, 0) is 16.6 Å². The van der Waals surface area contributed by atoms with Crippen LogP contribution in [0.25, 0.3) is 28.2 Å². The first kappa shape index (κ1) is 22.2. The standard InChI is InChI=1S/C24H19BrN6O2S/c25-17-13-21-24(28-15-17)31(23(30-21)20-7-4-12-27-22(20)26)18-10-8-16(9-11-18)14-29-34(32,33)19-5-2-1-3-6-19/h1-13,15,29H,14H2,(H2,26,27). The number of nitrogens with two attached hydrogens (primary N) is 1. The summed E-state index contributed by atoms with van der Waals surface area (Å²) in [6.07, 6.45) is 3.34. The summed E-state index contributed by atoms with van der Waals surface area (Å²) < 4.78 is 30.4. The number of pyridine rings is 2. The predicted octanol–water partition coefficient (Wildman–Crippen LogP) is 4.31. The first-order chi connectivity index (χ1) is 16.4. The van der Waals surface area contributed by atoms with Crippen molar-refractivity contribution in [2.75, 3.05) is 5.73 Å². The van der Waals surface area contributed by atoms with E-state index in [2.05, 4.69) is 30.6 Å². The highest BCUT2D eigenvalue weighted by Gasteiger charge is 2.18. The van der Waals surface area contributed by atoms with Gasteiger partial charge in [0.2, 0.25) is 10.0 Å². The van der Waals surface area contributed by atoms with Crippen molar-refractivity contribution < 1.29 is 8.42 Å². The summed E-state index contributed by atoms with van der Waals surface area (Å²) in [7, 11) is -3.59. The zero-order chi connectivity index (χ0) is 23.7. The minimum absolute atomic E-state index is 0.162. The summed E-state index contributed by atoms with van der Waals surface area (Å²) in [4.78, 5) is 13.7. The average Bonchev–Trinajstić information content (AvgIpc) is 3.22. The summed E-state index contributed by atoms with van der Waals surface area (Å²) in [5, 5.41) is 0. The van der Waals surface area contributed by atoms with Gasteiger partial charge in [0.1, 0.15) is 11.3 Å². The molecule has 0 aliphatic heterocycles. The molecule has 0 saturated heterocycles. The topological polar surface area (TPSA) is 116 Å². The average molecular weight is 535 g/mol. The van der Waals surface area contributed by atoms with Gasteiger partial charge >= 0.3 is 0 Å². The van der Waals surface area contributed by atoms with Crippen LogP contribution in [0.1, 0.15) is 5.56 Å². The van der Waals surface area contributed by atoms with Crippen LogP contribution >= 0.6 is 15.9 Å². The Bertz CT molecular complexity index is 1590. The van der Waals surface area contributed by atoms with Crippen molar-refractivity contribution in [3.63, 3.8) is 0 Å². The summed E-state index contributed by atoms with van der Waals surface area (Å²) in [5.41, 5.74) is 9.82. The van der Waals surface area contributed by atoms with Crippen molar-refractivity contribution in [2.24, 2.45) is 0 Å². The van der Waals surface area contributed by atoms with Gasteiger partial charge in [-0.1, -0.05) is 30.3 Å². The summed E-state index contributed by atoms with van der Waals surface area (Å²) in [6, 6.07) is 21.4. The van der Waals surface area contributed by atoms with Crippen molar-refractivity contribution in [2.45, 2.75) is 11.4 Å². The molecular formula is C24H19BrN6O2S. The van der Waals surface area contributed by atoms with Crippen molar-refractivity contribution in [1.82, 2.24) is 24.2 Å². The molecule has 34 heavy (non-hydrogen) atoms. The second-order valence-corrected chi connectivity index (χ2v) is 10.2. The number of sulfonamides is 1. The lowest BCUT2D eigenvalue weighted by atomic mass is 10.2. The number of rotatable bonds is 6. The molecule has 5 rings (SSSR count). The van der Waals surface area contributed by atoms with E-state index in [4.69, 9.17) is 10.7 Å². The molecule has 10 heteroatoms. The van der Waals surface area contributed by atoms with E-state index in [1.807, 2.05) is 41.0 Å². The molecule has 0 amide bonds. The molecule has 5 aromatic rings. The zero-order valence-electron chi connectivity index (χ0n) is 17.8. The highest BCUT2D eigenvalue weighted by molar-refractivity contribution is 9.10. The van der Waals surface area contributed by atoms with Crippen molar-refractivity contribution in [3.8, 4) is 17.1 Å². The maximum Gasteiger partial charge on any atom is 0.240 e. The second kappa shape index (κ2) is 8.98. The Morgan fingerprint density at radius 3 is 2.47 bits per heavy atom. The van der Waals surface area contributed by atoms with Gasteiger partial charge in [0.05, 0.1) is 10.5 Å². The van der Waals surface area contributed by atoms with Gasteiger partial charge in [-0.15, -0.1) is 0 Å². The van der Waals surface area contributed by atoms with Gasteiger partial charge in [-0.3, -0.25) is 4.57 Å². The third-order valence-electron chi connectivity index (χ3n) is 5.26. The van der Waals surface area contributed by atoms with E-state index in [1.165, 1.54) is 0 Å². The van der Waals surface area contributed by atoms with Crippen molar-refractivity contribution >= 4 is 42.9 Å². The molecule has 0 unspecified atom stereocenters. The maximum atomic E-state index is 12.5. The van der Waals surface area contributed by atoms with Crippen LogP contribution in [0.4, 0.5) is 5.82 Å². The van der Waals surface area contributed by atoms with E-state index in [-0.39, 0.29) is 11.4 Å². The fraction of sp³-hybridized carbons (Fsp3) is 0.0417. The van der Waals surface area contributed by atoms with Crippen LogP contribution < -0.4 is 10.5 Å². The lowest BCUT2D eigenvalue weighted by Gasteiger charge is -2.11. The van der Waals surface area contributed by atoms with Crippen LogP contribution in [0.3, 0.4) is 0 Å². The fourth-order valence-electron chi connectivity index (χ4n) is 3.60. The first-order valence-electron chi connectivity index (χ1n) is 10.3. The molecule has 3 aromatic heterocycles. The van der Waals surface area contributed by atoms with Crippen LogP contribution in [-0.4, -0.2) is 27.9 Å². The molecular weight excluding hydrogens is 516 g/mol. The molecule has 0 bridgehead atoms. The smallest absolute Gasteiger partial charge is 0.240 e. The maximum absolute atomic E-state index is 12.5. The molecule has 0 atom stereocenters. The Kier molecular flexibility index (Phi) is 5.86. The van der Waals surface area contributed by atoms with E-state index in [0.29, 0.717) is 28.4 Å². The number of anilines is 1. The number of imidazole rings is 1. The van der Waals surface area contributed by atoms with E-state index < -0.39 is 10.0 Å². The number of nitrogens with zero attached hydrogens (tertiary/aromatic N) is 4. The van der Waals surface area contributed by atoms with Gasteiger partial charge in [0.15, 0.2) is 11.5 Å². The molecule has 2 aromatic carbocycles. The predicted molar refractivity (Wildman–Crippen MR) is 135 cm³/mol. The molecule has 0 radical (unpaired) electrons. The molecule has 0 aliphatic rings. The van der Waals surface area contributed by atoms with Gasteiger partial charge in [-0.2, -0.15) is 0 Å². The molecule has 8 nitrogen and oxygen atoms in total. The van der Waals surface area contributed by atoms with Crippen LogP contribution in [0.15, 0.2) is 94.6 Å². The Hall–Kier alpha value is -3.60. The molecule has 0 aliphatic carbocycles. The number of hydrogen-bond donors (Lipinski definition) is 2. The normalized spacial score (nSPS) is 11.7. The third kappa shape index (κ3) is 4.30. The van der Waals surface area contributed by atoms with Gasteiger partial charge in [0.25, 0.3) is 0 Å². The molecule has 0 saturated carbocycles. The SMILES string of the molecule is Nc1ncccc1-c1nc2cc(Br)cnc2n1-c1ccc(CNS(=O)(=O)c2ccccc2)cc1. The van der Waals surface area contributed by atoms with Crippen LogP contribution in [0, 0.1) is 0 Å². The third-order valence-corrected chi connectivity index (χ3v) is 7.11. The monoisotopic (exact) mass is 534 g/mol. The number of benzene rings is 2. The largest absolute Gasteiger partial charge is 0.383 e. The Morgan fingerprint density at radius 1 is 0.971 bits per heavy atom. The zero-order valence-corrected chi connectivity index (χ0v) is 20.2. The van der Waals surface area contributed by atoms with E-state index in [9.17, 15) is 8.42 Å². The van der Waals surface area contributed by atoms with Gasteiger partial charge in [-0.05, 0) is 64.0 Å². The molecule has 170 valence electrons. The van der Waals surface area contributed by atoms with Crippen molar-refractivity contribution in [1.29, 1.82) is 0 Å². The number of nitrogens with one attached hydrogen (secondary N) is 1. The van der Waals surface area contributed by atoms with E-state index in [0.717, 1.165) is 15.7 Å². The number of hydrogen-bond acceptors (Lipinski definition) is 6. The lowest BCUT2D eigenvalue weighted by Crippen LogP contribution is -2.23. The van der Waals surface area contributed by atoms with Gasteiger partial charge < -0.3 is 5.73 Å². The minimum atomic E-state index is -3.59. The first-order valence-corrected chi connectivity index (χ1v) is 12.6. The summed E-state index contributed by atoms with van der Waals surface area (Å²) in [5.74, 6) is 0.980. The lowest BCUT2D eigenvalue weighted by molar-refractivity contribution is 0.581. The Balaban J connectivity index is 1.50. The number of aromatic nitrogens is 4. The number of fused-ring (bicyclic) bond motifs is 1. The number of halogens is 1. The molecule has 0 fully saturated rings. The van der Waals surface area contributed by atoms with Crippen molar-refractivity contribution in [3.05, 3.63) is 95.2 Å². The fourth-order valence-corrected chi connectivity index (χ4v) is 4.95. The van der Waals surface area contributed by atoms with E-state index in [1.54, 1.807) is 48.8 Å². The minimum Gasteiger partial charge on any atom is -0.383 e. The van der Waals surface area contributed by atoms with Gasteiger partial charge in [0, 0.05) is 29.1 Å². The summed E-state index contributed by atoms with van der Waals surface area (Å²) >= 11 is 3.45. The Morgan fingerprint density at radius 2 is 1.74 bits per heavy atom. The van der Waals surface area contributed by atoms with Crippen LogP contribution in [0.2, 0.25) is 0 Å². The molecule has 3 N–H and O–H groups in total. The second-order valence-electron chi connectivity index (χ2n) is 7.51. The highest BCUT2D eigenvalue weighted by Crippen LogP contribution is 2.31. The van der Waals surface area contributed by atoms with Gasteiger partial charge in [-0.25, -0.2) is 28.1 Å². The molecule has 0 spiro atoms.